The molecule has 108 valence electrons. The van der Waals surface area contributed by atoms with E-state index >= 15 is 0 Å². The number of hydrogen-bond acceptors (Lipinski definition) is 2. The van der Waals surface area contributed by atoms with Gasteiger partial charge in [0.25, 0.3) is 0 Å². The summed E-state index contributed by atoms with van der Waals surface area (Å²) in [6.07, 6.45) is 11.9. The molecule has 2 aliphatic rings. The molecule has 0 aliphatic heterocycles. The van der Waals surface area contributed by atoms with Crippen LogP contribution < -0.4 is 0 Å². The maximum absolute atomic E-state index is 9.49. The van der Waals surface area contributed by atoms with Crippen molar-refractivity contribution in [3.05, 3.63) is 0 Å². The quantitative estimate of drug-likeness (QED) is 0.752. The van der Waals surface area contributed by atoms with Crippen LogP contribution in [0.3, 0.4) is 0 Å². The second-order valence-electron chi connectivity index (χ2n) is 6.51. The van der Waals surface area contributed by atoms with E-state index in [0.717, 1.165) is 24.9 Å². The average molecular weight is 262 g/mol. The predicted octanol–water partition coefficient (Wildman–Crippen LogP) is 4.36. The molecule has 0 aromatic heterocycles. The molecule has 2 fully saturated rings. The van der Waals surface area contributed by atoms with E-state index in [2.05, 4.69) is 24.8 Å². The smallest absolute Gasteiger partial charge is 0.0672 e. The lowest BCUT2D eigenvalue weighted by Crippen LogP contribution is -2.49. The lowest BCUT2D eigenvalue weighted by Gasteiger charge is -2.44. The summed E-state index contributed by atoms with van der Waals surface area (Å²) in [5, 5.41) is 9.49. The predicted molar refractivity (Wildman–Crippen MR) is 79.8 cm³/mol. The Kier molecular flexibility index (Phi) is 5.70. The van der Waals surface area contributed by atoms with Gasteiger partial charge in [0, 0.05) is 12.1 Å². The molecule has 0 amide bonds. The first-order chi connectivity index (χ1) is 9.30. The molecule has 0 aromatic carbocycles. The fourth-order valence-corrected chi connectivity index (χ4v) is 4.30. The second kappa shape index (κ2) is 7.29. The van der Waals surface area contributed by atoms with E-state index < -0.39 is 0 Å². The molecule has 0 bridgehead atoms. The van der Waals surface area contributed by atoms with Gasteiger partial charge in [0.05, 0.1) is 12.0 Å². The van der Waals surface area contributed by atoms with Gasteiger partial charge in [-0.25, -0.2) is 0 Å². The minimum Gasteiger partial charge on any atom is -0.296 e. The zero-order valence-electron chi connectivity index (χ0n) is 12.8. The molecule has 0 saturated heterocycles. The molecule has 0 spiro atoms. The molecule has 2 heteroatoms. The summed E-state index contributed by atoms with van der Waals surface area (Å²) in [5.74, 6) is 1.14. The first kappa shape index (κ1) is 14.9. The monoisotopic (exact) mass is 262 g/mol. The van der Waals surface area contributed by atoms with Gasteiger partial charge in [-0.3, -0.25) is 4.90 Å². The molecule has 0 heterocycles. The largest absolute Gasteiger partial charge is 0.296 e. The van der Waals surface area contributed by atoms with E-state index in [1.54, 1.807) is 0 Å². The third-order valence-corrected chi connectivity index (χ3v) is 5.50. The molecule has 3 atom stereocenters. The zero-order valence-corrected chi connectivity index (χ0v) is 12.8. The molecule has 0 N–H and O–H groups in total. The summed E-state index contributed by atoms with van der Waals surface area (Å²) in [4.78, 5) is 2.70. The number of nitriles is 1. The molecule has 2 nitrogen and oxygen atoms in total. The Balaban J connectivity index is 2.06. The standard InChI is InChI=1S/C17H30N2/c1-3-14-10-11-15(13-18)17(12-14)19(4-2)16-8-6-5-7-9-16/h14-17H,3-12H2,1-2H3. The number of rotatable bonds is 4. The summed E-state index contributed by atoms with van der Waals surface area (Å²) < 4.78 is 0. The zero-order chi connectivity index (χ0) is 13.7. The van der Waals surface area contributed by atoms with E-state index in [1.165, 1.54) is 51.4 Å². The van der Waals surface area contributed by atoms with Crippen molar-refractivity contribution in [2.45, 2.75) is 83.7 Å². The van der Waals surface area contributed by atoms with Gasteiger partial charge >= 0.3 is 0 Å². The Hall–Kier alpha value is -0.550. The third-order valence-electron chi connectivity index (χ3n) is 5.50. The van der Waals surface area contributed by atoms with Crippen molar-refractivity contribution in [1.29, 1.82) is 5.26 Å². The van der Waals surface area contributed by atoms with Gasteiger partial charge in [0.15, 0.2) is 0 Å². The van der Waals surface area contributed by atoms with Crippen molar-refractivity contribution in [3.8, 4) is 6.07 Å². The van der Waals surface area contributed by atoms with Crippen LogP contribution in [0.25, 0.3) is 0 Å². The summed E-state index contributed by atoms with van der Waals surface area (Å²) in [5.41, 5.74) is 0. The highest BCUT2D eigenvalue weighted by atomic mass is 15.2. The third kappa shape index (κ3) is 3.51. The van der Waals surface area contributed by atoms with E-state index in [4.69, 9.17) is 0 Å². The van der Waals surface area contributed by atoms with Gasteiger partial charge in [0.1, 0.15) is 0 Å². The highest BCUT2D eigenvalue weighted by molar-refractivity contribution is 4.99. The number of hydrogen-bond donors (Lipinski definition) is 0. The van der Waals surface area contributed by atoms with Crippen LogP contribution in [0.4, 0.5) is 0 Å². The Morgan fingerprint density at radius 3 is 2.37 bits per heavy atom. The minimum atomic E-state index is 0.282. The second-order valence-corrected chi connectivity index (χ2v) is 6.51. The van der Waals surface area contributed by atoms with Crippen molar-refractivity contribution in [1.82, 2.24) is 4.90 Å². The molecular formula is C17H30N2. The van der Waals surface area contributed by atoms with Crippen LogP contribution in [-0.4, -0.2) is 23.5 Å². The first-order valence-corrected chi connectivity index (χ1v) is 8.45. The Labute approximate surface area is 119 Å². The van der Waals surface area contributed by atoms with Crippen LogP contribution >= 0.6 is 0 Å². The average Bonchev–Trinajstić information content (AvgIpc) is 2.49. The van der Waals surface area contributed by atoms with E-state index in [1.807, 2.05) is 0 Å². The van der Waals surface area contributed by atoms with Crippen molar-refractivity contribution < 1.29 is 0 Å². The summed E-state index contributed by atoms with van der Waals surface area (Å²) in [6.45, 7) is 5.73. The van der Waals surface area contributed by atoms with Crippen molar-refractivity contribution in [3.63, 3.8) is 0 Å². The highest BCUT2D eigenvalue weighted by Crippen LogP contribution is 2.36. The molecule has 19 heavy (non-hydrogen) atoms. The SMILES string of the molecule is CCC1CCC(C#N)C(N(CC)C2CCCCC2)C1. The molecule has 0 aromatic rings. The summed E-state index contributed by atoms with van der Waals surface area (Å²) in [6, 6.07) is 3.91. The van der Waals surface area contributed by atoms with Crippen LogP contribution in [0.2, 0.25) is 0 Å². The van der Waals surface area contributed by atoms with Crippen LogP contribution in [0, 0.1) is 23.2 Å². The van der Waals surface area contributed by atoms with Crippen LogP contribution in [0.5, 0.6) is 0 Å². The van der Waals surface area contributed by atoms with E-state index in [0.29, 0.717) is 6.04 Å². The lowest BCUT2D eigenvalue weighted by molar-refractivity contribution is 0.0498. The maximum Gasteiger partial charge on any atom is 0.0672 e. The number of nitrogens with zero attached hydrogens (tertiary/aromatic N) is 2. The van der Waals surface area contributed by atoms with Gasteiger partial charge in [-0.2, -0.15) is 5.26 Å². The Morgan fingerprint density at radius 2 is 1.79 bits per heavy atom. The van der Waals surface area contributed by atoms with Gasteiger partial charge < -0.3 is 0 Å². The summed E-state index contributed by atoms with van der Waals surface area (Å²) in [7, 11) is 0. The van der Waals surface area contributed by atoms with Crippen molar-refractivity contribution >= 4 is 0 Å². The Bertz CT molecular complexity index is 301. The minimum absolute atomic E-state index is 0.282. The van der Waals surface area contributed by atoms with Crippen molar-refractivity contribution in [2.24, 2.45) is 11.8 Å². The van der Waals surface area contributed by atoms with Crippen LogP contribution in [0.15, 0.2) is 0 Å². The fraction of sp³-hybridized carbons (Fsp3) is 0.941. The van der Waals surface area contributed by atoms with E-state index in [-0.39, 0.29) is 5.92 Å². The normalized spacial score (nSPS) is 33.3. The topological polar surface area (TPSA) is 27.0 Å². The molecule has 2 saturated carbocycles. The van der Waals surface area contributed by atoms with Gasteiger partial charge in [-0.15, -0.1) is 0 Å². The highest BCUT2D eigenvalue weighted by Gasteiger charge is 2.36. The molecule has 0 radical (unpaired) electrons. The Morgan fingerprint density at radius 1 is 1.05 bits per heavy atom. The van der Waals surface area contributed by atoms with Crippen LogP contribution in [-0.2, 0) is 0 Å². The van der Waals surface area contributed by atoms with Crippen molar-refractivity contribution in [2.75, 3.05) is 6.54 Å². The fourth-order valence-electron chi connectivity index (χ4n) is 4.30. The summed E-state index contributed by atoms with van der Waals surface area (Å²) >= 11 is 0. The first-order valence-electron chi connectivity index (χ1n) is 8.45. The van der Waals surface area contributed by atoms with Gasteiger partial charge in [-0.05, 0) is 44.6 Å². The molecule has 2 rings (SSSR count). The lowest BCUT2D eigenvalue weighted by atomic mass is 9.76. The molecule has 3 unspecified atom stereocenters. The molecule has 2 aliphatic carbocycles. The van der Waals surface area contributed by atoms with Gasteiger partial charge in [0.2, 0.25) is 0 Å². The van der Waals surface area contributed by atoms with E-state index in [9.17, 15) is 5.26 Å². The maximum atomic E-state index is 9.49. The van der Waals surface area contributed by atoms with Crippen LogP contribution in [0.1, 0.15) is 71.6 Å². The molecular weight excluding hydrogens is 232 g/mol. The van der Waals surface area contributed by atoms with Gasteiger partial charge in [-0.1, -0.05) is 39.5 Å².